The summed E-state index contributed by atoms with van der Waals surface area (Å²) < 4.78 is 22.6. The third kappa shape index (κ3) is 13.6. The molecule has 0 unspecified atom stereocenters. The van der Waals surface area contributed by atoms with E-state index >= 15 is 0 Å². The Bertz CT molecular complexity index is 1310. The summed E-state index contributed by atoms with van der Waals surface area (Å²) in [7, 11) is 2.97. The van der Waals surface area contributed by atoms with Gasteiger partial charge in [-0.15, -0.1) is 0 Å². The second-order valence-corrected chi connectivity index (χ2v) is 14.2. The average Bonchev–Trinajstić information content (AvgIpc) is 3.48. The minimum atomic E-state index is -0.633. The summed E-state index contributed by atoms with van der Waals surface area (Å²) in [5.74, 6) is 2.05. The molecular weight excluding hydrogens is 628 g/mol. The fourth-order valence-electron chi connectivity index (χ4n) is 4.50. The van der Waals surface area contributed by atoms with E-state index in [0.29, 0.717) is 43.8 Å². The monoisotopic (exact) mass is 684 g/mol. The van der Waals surface area contributed by atoms with Gasteiger partial charge >= 0.3 is 47.8 Å². The van der Waals surface area contributed by atoms with Gasteiger partial charge in [-0.3, -0.25) is 0 Å². The Labute approximate surface area is 311 Å². The molecule has 2 aromatic rings. The molecule has 4 heterocycles. The van der Waals surface area contributed by atoms with Gasteiger partial charge in [0, 0.05) is 46.5 Å². The van der Waals surface area contributed by atoms with E-state index in [1.807, 2.05) is 47.7 Å². The molecule has 0 atom stereocenters. The fraction of sp³-hybridized carbons (Fsp3) is 0.719. The standard InChI is InChI=1S/C17H27N3O5.C14H23N3O2.CH5N.B.Na.H/c1-16(2,3)24-14(21)19-9-11(10-19)13-18-8-12(23-7)20(13)15(22)25-17(4,5)6;1-5-6-11-7-15-12(16-11)10-8-17(9-10)13(18)19-14(2,3)4;1-2;;;/h8,11H,9-10H2,1-7H3;7,10H,5-6,8-9H2,1-4H3,(H,15,16);2H2,1H3;;;/q;;;;+1;-1. The number of carbonyl (C=O) groups is 3. The predicted molar refractivity (Wildman–Crippen MR) is 181 cm³/mol. The molecule has 0 aromatic carbocycles. The van der Waals surface area contributed by atoms with Gasteiger partial charge in [0.05, 0.1) is 25.1 Å². The zero-order chi connectivity index (χ0) is 35.0. The zero-order valence-corrected chi connectivity index (χ0v) is 33.3. The summed E-state index contributed by atoms with van der Waals surface area (Å²) in [6.07, 6.45) is 4.36. The van der Waals surface area contributed by atoms with Crippen LogP contribution in [0, 0.1) is 0 Å². The zero-order valence-electron chi connectivity index (χ0n) is 32.3. The van der Waals surface area contributed by atoms with Crippen molar-refractivity contribution in [3.05, 3.63) is 29.7 Å². The molecule has 48 heavy (non-hydrogen) atoms. The molecule has 16 heteroatoms. The molecule has 2 aliphatic heterocycles. The Morgan fingerprint density at radius 1 is 0.812 bits per heavy atom. The Hall–Kier alpha value is -2.75. The number of nitrogens with one attached hydrogen (secondary N) is 1. The number of hydrogen-bond acceptors (Lipinski definition) is 10. The summed E-state index contributed by atoms with van der Waals surface area (Å²) in [5, 5.41) is 0. The molecule has 0 saturated carbocycles. The Morgan fingerprint density at radius 3 is 1.67 bits per heavy atom. The first-order valence-electron chi connectivity index (χ1n) is 15.7. The van der Waals surface area contributed by atoms with E-state index in [0.717, 1.165) is 18.7 Å². The van der Waals surface area contributed by atoms with Crippen molar-refractivity contribution in [2.75, 3.05) is 40.3 Å². The molecule has 3 N–H and O–H groups in total. The van der Waals surface area contributed by atoms with E-state index in [4.69, 9.17) is 18.9 Å². The SMILES string of the molecule is CCCc1cnc(C2CN(C(=O)OC(C)(C)C)C2)[nH]1.CN.COc1cnc(C2CN(C(=O)OC(C)(C)C)C2)n1C(=O)OC(C)(C)C.[B].[H-].[Na+]. The van der Waals surface area contributed by atoms with Crippen LogP contribution in [0.3, 0.4) is 0 Å². The number of aryl methyl sites for hydroxylation is 1. The molecule has 0 spiro atoms. The fourth-order valence-corrected chi connectivity index (χ4v) is 4.50. The maximum Gasteiger partial charge on any atom is 1.00 e. The van der Waals surface area contributed by atoms with Crippen molar-refractivity contribution >= 4 is 26.7 Å². The van der Waals surface area contributed by atoms with Gasteiger partial charge < -0.3 is 40.9 Å². The van der Waals surface area contributed by atoms with E-state index in [9.17, 15) is 14.4 Å². The maximum absolute atomic E-state index is 12.5. The molecular formula is C32H56BN7NaO7. The van der Waals surface area contributed by atoms with Crippen LogP contribution in [0.2, 0.25) is 0 Å². The van der Waals surface area contributed by atoms with Crippen LogP contribution in [0.4, 0.5) is 14.4 Å². The van der Waals surface area contributed by atoms with Gasteiger partial charge in [-0.05, 0) is 75.8 Å². The average molecular weight is 685 g/mol. The smallest absolute Gasteiger partial charge is 1.00 e. The molecule has 2 fully saturated rings. The second-order valence-electron chi connectivity index (χ2n) is 14.2. The molecule has 0 aliphatic carbocycles. The number of H-pyrrole nitrogens is 1. The number of hydrogen-bond donors (Lipinski definition) is 2. The van der Waals surface area contributed by atoms with Gasteiger partial charge in [-0.1, -0.05) is 13.3 Å². The van der Waals surface area contributed by atoms with Gasteiger partial charge in [0.25, 0.3) is 0 Å². The van der Waals surface area contributed by atoms with Crippen LogP contribution < -0.4 is 40.0 Å². The van der Waals surface area contributed by atoms with Crippen molar-refractivity contribution in [2.24, 2.45) is 5.73 Å². The van der Waals surface area contributed by atoms with E-state index in [2.05, 4.69) is 27.6 Å². The number of aromatic amines is 1. The number of carbonyl (C=O) groups excluding carboxylic acids is 3. The van der Waals surface area contributed by atoms with Crippen molar-refractivity contribution in [3.8, 4) is 5.88 Å². The molecule has 14 nitrogen and oxygen atoms in total. The summed E-state index contributed by atoms with van der Waals surface area (Å²) >= 11 is 0. The number of likely N-dealkylation sites (tertiary alicyclic amines) is 2. The number of nitrogens with zero attached hydrogens (tertiary/aromatic N) is 5. The van der Waals surface area contributed by atoms with Crippen LogP contribution in [0.5, 0.6) is 5.88 Å². The van der Waals surface area contributed by atoms with Crippen LogP contribution in [0.25, 0.3) is 0 Å². The number of aromatic nitrogens is 4. The molecule has 4 rings (SSSR count). The van der Waals surface area contributed by atoms with Gasteiger partial charge in [0.15, 0.2) is 0 Å². The quantitative estimate of drug-likeness (QED) is 0.352. The first kappa shape index (κ1) is 45.3. The Balaban J connectivity index is 0. The number of nitrogens with two attached hydrogens (primary N) is 1. The predicted octanol–water partition coefficient (Wildman–Crippen LogP) is 2.02. The molecule has 2 aliphatic rings. The minimum Gasteiger partial charge on any atom is -1.00 e. The molecule has 2 amide bonds. The van der Waals surface area contributed by atoms with Gasteiger partial charge in [0.2, 0.25) is 5.88 Å². The van der Waals surface area contributed by atoms with Crippen LogP contribution >= 0.6 is 0 Å². The normalized spacial score (nSPS) is 14.7. The van der Waals surface area contributed by atoms with E-state index in [1.54, 1.807) is 30.6 Å². The van der Waals surface area contributed by atoms with Crippen molar-refractivity contribution in [3.63, 3.8) is 0 Å². The summed E-state index contributed by atoms with van der Waals surface area (Å²) in [6.45, 7) is 20.9. The van der Waals surface area contributed by atoms with Crippen molar-refractivity contribution < 1.29 is 64.3 Å². The van der Waals surface area contributed by atoms with Gasteiger partial charge in [-0.25, -0.2) is 28.9 Å². The number of methoxy groups -OCH3 is 1. The number of rotatable bonds is 5. The number of imidazole rings is 2. The molecule has 265 valence electrons. The van der Waals surface area contributed by atoms with E-state index in [1.165, 1.54) is 30.6 Å². The molecule has 3 radical (unpaired) electrons. The Kier molecular flexibility index (Phi) is 17.8. The molecule has 2 aromatic heterocycles. The van der Waals surface area contributed by atoms with Crippen molar-refractivity contribution in [2.45, 2.75) is 111 Å². The first-order valence-corrected chi connectivity index (χ1v) is 15.7. The molecule has 0 bridgehead atoms. The van der Waals surface area contributed by atoms with E-state index < -0.39 is 22.9 Å². The van der Waals surface area contributed by atoms with E-state index in [-0.39, 0.29) is 57.5 Å². The summed E-state index contributed by atoms with van der Waals surface area (Å²) in [5.41, 5.74) is 4.07. The first-order chi connectivity index (χ1) is 21.3. The van der Waals surface area contributed by atoms with Crippen molar-refractivity contribution in [1.29, 1.82) is 0 Å². The molecule has 2 saturated heterocycles. The second kappa shape index (κ2) is 18.9. The van der Waals surface area contributed by atoms with Gasteiger partial charge in [-0.2, -0.15) is 0 Å². The summed E-state index contributed by atoms with van der Waals surface area (Å²) in [4.78, 5) is 51.6. The van der Waals surface area contributed by atoms with Crippen molar-refractivity contribution in [1.82, 2.24) is 29.3 Å². The van der Waals surface area contributed by atoms with Gasteiger partial charge in [0.1, 0.15) is 28.5 Å². The maximum atomic E-state index is 12.5. The number of ether oxygens (including phenoxy) is 4. The van der Waals surface area contributed by atoms with Crippen LogP contribution in [0.1, 0.15) is 106 Å². The third-order valence-electron chi connectivity index (χ3n) is 6.53. The minimum absolute atomic E-state index is 0. The largest absolute Gasteiger partial charge is 1.00 e. The number of amides is 2. The van der Waals surface area contributed by atoms with Crippen LogP contribution in [0.15, 0.2) is 12.4 Å². The topological polar surface area (TPSA) is 167 Å². The van der Waals surface area contributed by atoms with Crippen LogP contribution in [-0.4, -0.2) is 113 Å². The van der Waals surface area contributed by atoms with Crippen LogP contribution in [-0.2, 0) is 20.6 Å². The summed E-state index contributed by atoms with van der Waals surface area (Å²) in [6, 6.07) is 0. The Morgan fingerprint density at radius 2 is 1.25 bits per heavy atom. The third-order valence-corrected chi connectivity index (χ3v) is 6.53.